The molecule has 1 fully saturated rings. The van der Waals surface area contributed by atoms with E-state index in [0.29, 0.717) is 17.1 Å². The van der Waals surface area contributed by atoms with E-state index in [9.17, 15) is 4.79 Å². The van der Waals surface area contributed by atoms with Gasteiger partial charge in [-0.1, -0.05) is 22.0 Å². The topological polar surface area (TPSA) is 66.6 Å². The largest absolute Gasteiger partial charge is 0.397 e. The van der Waals surface area contributed by atoms with Crippen LogP contribution in [0.2, 0.25) is 0 Å². The van der Waals surface area contributed by atoms with Crippen molar-refractivity contribution in [3.05, 3.63) is 27.5 Å². The molecular weight excluding hydrogens is 340 g/mol. The summed E-state index contributed by atoms with van der Waals surface area (Å²) in [4.78, 5) is 15.0. The maximum absolute atomic E-state index is 12.6. The van der Waals surface area contributed by atoms with Crippen molar-refractivity contribution in [1.29, 1.82) is 0 Å². The quantitative estimate of drug-likeness (QED) is 0.886. The molecular formula is C14H15BrN2O2S. The third kappa shape index (κ3) is 2.32. The number of hydrogen-bond acceptors (Lipinski definition) is 4. The van der Waals surface area contributed by atoms with Gasteiger partial charge in [-0.05, 0) is 25.0 Å². The molecule has 3 rings (SSSR count). The molecule has 0 radical (unpaired) electrons. The van der Waals surface area contributed by atoms with Crippen LogP contribution < -0.4 is 5.73 Å². The van der Waals surface area contributed by atoms with Crippen LogP contribution in [0, 0.1) is 0 Å². The van der Waals surface area contributed by atoms with Crippen LogP contribution in [0.25, 0.3) is 10.1 Å². The Kier molecular flexibility index (Phi) is 3.70. The molecule has 0 aliphatic heterocycles. The van der Waals surface area contributed by atoms with Gasteiger partial charge in [-0.15, -0.1) is 11.3 Å². The molecule has 1 aromatic carbocycles. The number of nitrogens with two attached hydrogens (primary N) is 1. The molecule has 0 atom stereocenters. The summed E-state index contributed by atoms with van der Waals surface area (Å²) in [7, 11) is 0. The Labute approximate surface area is 129 Å². The second-order valence-corrected chi connectivity index (χ2v) is 6.82. The number of nitrogen functional groups attached to an aromatic ring is 1. The van der Waals surface area contributed by atoms with Crippen LogP contribution >= 0.6 is 27.3 Å². The number of carbonyl (C=O) groups is 1. The number of benzene rings is 1. The molecule has 20 heavy (non-hydrogen) atoms. The number of aliphatic hydroxyl groups is 1. The lowest BCUT2D eigenvalue weighted by atomic mass is 10.2. The number of hydrogen-bond donors (Lipinski definition) is 2. The molecule has 1 amide bonds. The predicted octanol–water partition coefficient (Wildman–Crippen LogP) is 2.84. The van der Waals surface area contributed by atoms with E-state index in [1.165, 1.54) is 11.3 Å². The Morgan fingerprint density at radius 3 is 2.85 bits per heavy atom. The number of aliphatic hydroxyl groups excluding tert-OH is 1. The van der Waals surface area contributed by atoms with Gasteiger partial charge in [0.05, 0.1) is 12.3 Å². The fraction of sp³-hybridized carbons (Fsp3) is 0.357. The molecule has 1 aliphatic rings. The number of anilines is 1. The van der Waals surface area contributed by atoms with Crippen molar-refractivity contribution in [3.63, 3.8) is 0 Å². The number of halogens is 1. The van der Waals surface area contributed by atoms with Crippen molar-refractivity contribution < 1.29 is 9.90 Å². The Hall–Kier alpha value is -1.11. The average Bonchev–Trinajstić information content (AvgIpc) is 3.20. The van der Waals surface area contributed by atoms with E-state index in [2.05, 4.69) is 15.9 Å². The molecule has 0 unspecified atom stereocenters. The lowest BCUT2D eigenvalue weighted by Crippen LogP contribution is -2.35. The zero-order valence-electron chi connectivity index (χ0n) is 10.8. The van der Waals surface area contributed by atoms with Gasteiger partial charge in [0.15, 0.2) is 0 Å². The summed E-state index contributed by atoms with van der Waals surface area (Å²) in [6.07, 6.45) is 2.03. The Bertz CT molecular complexity index is 666. The maximum Gasteiger partial charge on any atom is 0.266 e. The molecule has 2 aromatic rings. The molecule has 0 bridgehead atoms. The molecule has 106 valence electrons. The third-order valence-corrected chi connectivity index (χ3v) is 5.30. The molecule has 0 saturated heterocycles. The first-order valence-electron chi connectivity index (χ1n) is 6.51. The fourth-order valence-electron chi connectivity index (χ4n) is 2.36. The average molecular weight is 355 g/mol. The Balaban J connectivity index is 2.03. The SMILES string of the molecule is Nc1c(C(=O)N(CCO)C2CC2)sc2cccc(Br)c12. The highest BCUT2D eigenvalue weighted by molar-refractivity contribution is 9.10. The van der Waals surface area contributed by atoms with Crippen LogP contribution in [0.4, 0.5) is 5.69 Å². The second-order valence-electron chi connectivity index (χ2n) is 4.91. The standard InChI is InChI=1S/C14H15BrN2O2S/c15-9-2-1-3-10-11(9)12(16)13(20-10)14(19)17(6-7-18)8-4-5-8/h1-3,8,18H,4-7,16H2. The van der Waals surface area contributed by atoms with Crippen molar-refractivity contribution >= 4 is 48.9 Å². The molecule has 1 aromatic heterocycles. The van der Waals surface area contributed by atoms with Gasteiger partial charge in [0, 0.05) is 27.1 Å². The van der Waals surface area contributed by atoms with Crippen molar-refractivity contribution in [2.75, 3.05) is 18.9 Å². The zero-order valence-corrected chi connectivity index (χ0v) is 13.2. The predicted molar refractivity (Wildman–Crippen MR) is 85.1 cm³/mol. The van der Waals surface area contributed by atoms with E-state index in [1.807, 2.05) is 18.2 Å². The van der Waals surface area contributed by atoms with Crippen LogP contribution in [0.5, 0.6) is 0 Å². The molecule has 0 spiro atoms. The number of nitrogens with zero attached hydrogens (tertiary/aromatic N) is 1. The summed E-state index contributed by atoms with van der Waals surface area (Å²) in [6, 6.07) is 6.09. The number of thiophene rings is 1. The van der Waals surface area contributed by atoms with Crippen LogP contribution in [0.1, 0.15) is 22.5 Å². The van der Waals surface area contributed by atoms with Crippen molar-refractivity contribution in [3.8, 4) is 0 Å². The first kappa shape index (κ1) is 13.9. The minimum atomic E-state index is -0.0628. The lowest BCUT2D eigenvalue weighted by Gasteiger charge is -2.20. The number of rotatable bonds is 4. The number of carbonyl (C=O) groups excluding carboxylic acids is 1. The van der Waals surface area contributed by atoms with Crippen LogP contribution in [-0.4, -0.2) is 35.1 Å². The minimum Gasteiger partial charge on any atom is -0.397 e. The molecule has 1 heterocycles. The summed E-state index contributed by atoms with van der Waals surface area (Å²) < 4.78 is 1.91. The van der Waals surface area contributed by atoms with Crippen LogP contribution in [0.3, 0.4) is 0 Å². The molecule has 3 N–H and O–H groups in total. The molecule has 6 heteroatoms. The summed E-state index contributed by atoms with van der Waals surface area (Å²) >= 11 is 4.90. The first-order valence-corrected chi connectivity index (χ1v) is 8.12. The van der Waals surface area contributed by atoms with Crippen molar-refractivity contribution in [2.45, 2.75) is 18.9 Å². The molecule has 1 saturated carbocycles. The first-order chi connectivity index (χ1) is 9.63. The normalized spacial score (nSPS) is 14.7. The third-order valence-electron chi connectivity index (χ3n) is 3.49. The van der Waals surface area contributed by atoms with Gasteiger partial charge in [0.2, 0.25) is 0 Å². The van der Waals surface area contributed by atoms with Crippen molar-refractivity contribution in [2.24, 2.45) is 0 Å². The van der Waals surface area contributed by atoms with Crippen LogP contribution in [-0.2, 0) is 0 Å². The fourth-order valence-corrected chi connectivity index (χ4v) is 4.18. The van der Waals surface area contributed by atoms with Gasteiger partial charge in [-0.3, -0.25) is 4.79 Å². The minimum absolute atomic E-state index is 0.0171. The second kappa shape index (κ2) is 5.35. The van der Waals surface area contributed by atoms with Gasteiger partial charge < -0.3 is 15.7 Å². The summed E-state index contributed by atoms with van der Waals surface area (Å²) in [5, 5.41) is 10.0. The van der Waals surface area contributed by atoms with Gasteiger partial charge >= 0.3 is 0 Å². The van der Waals surface area contributed by atoms with E-state index < -0.39 is 0 Å². The number of fused-ring (bicyclic) bond motifs is 1. The molecule has 4 nitrogen and oxygen atoms in total. The Morgan fingerprint density at radius 1 is 1.50 bits per heavy atom. The van der Waals surface area contributed by atoms with Gasteiger partial charge in [0.1, 0.15) is 4.88 Å². The molecule has 1 aliphatic carbocycles. The lowest BCUT2D eigenvalue weighted by molar-refractivity contribution is 0.0713. The summed E-state index contributed by atoms with van der Waals surface area (Å²) in [6.45, 7) is 0.356. The summed E-state index contributed by atoms with van der Waals surface area (Å²) in [5.41, 5.74) is 6.70. The van der Waals surface area contributed by atoms with E-state index in [1.54, 1.807) is 4.90 Å². The van der Waals surface area contributed by atoms with E-state index >= 15 is 0 Å². The highest BCUT2D eigenvalue weighted by atomic mass is 79.9. The van der Waals surface area contributed by atoms with E-state index in [-0.39, 0.29) is 18.6 Å². The van der Waals surface area contributed by atoms with Gasteiger partial charge in [-0.25, -0.2) is 0 Å². The van der Waals surface area contributed by atoms with Crippen molar-refractivity contribution in [1.82, 2.24) is 4.90 Å². The smallest absolute Gasteiger partial charge is 0.266 e. The summed E-state index contributed by atoms with van der Waals surface area (Å²) in [5.74, 6) is -0.0628. The highest BCUT2D eigenvalue weighted by Crippen LogP contribution is 2.40. The Morgan fingerprint density at radius 2 is 2.25 bits per heavy atom. The van der Waals surface area contributed by atoms with E-state index in [4.69, 9.17) is 10.8 Å². The number of amides is 1. The highest BCUT2D eigenvalue weighted by Gasteiger charge is 2.34. The maximum atomic E-state index is 12.6. The van der Waals surface area contributed by atoms with Gasteiger partial charge in [0.25, 0.3) is 5.91 Å². The zero-order chi connectivity index (χ0) is 14.3. The van der Waals surface area contributed by atoms with Gasteiger partial charge in [-0.2, -0.15) is 0 Å². The monoisotopic (exact) mass is 354 g/mol. The van der Waals surface area contributed by atoms with Crippen LogP contribution in [0.15, 0.2) is 22.7 Å². The van der Waals surface area contributed by atoms with E-state index in [0.717, 1.165) is 27.4 Å².